The van der Waals surface area contributed by atoms with Crippen molar-refractivity contribution in [2.45, 2.75) is 38.8 Å². The number of aliphatic carboxylic acids is 1. The number of carboxylic acid groups (broad SMARTS) is 1. The van der Waals surface area contributed by atoms with Crippen molar-refractivity contribution in [1.29, 1.82) is 0 Å². The fraction of sp³-hybridized carbons (Fsp3) is 0.667. The molecule has 0 spiro atoms. The summed E-state index contributed by atoms with van der Waals surface area (Å²) in [5.74, 6) is -3.15. The molecular formula is C12H22N4O5. The van der Waals surface area contributed by atoms with Gasteiger partial charge < -0.3 is 27.2 Å². The third kappa shape index (κ3) is 7.88. The van der Waals surface area contributed by atoms with Crippen LogP contribution in [0.5, 0.6) is 0 Å². The van der Waals surface area contributed by atoms with Crippen LogP contribution in [0, 0.1) is 5.92 Å². The van der Waals surface area contributed by atoms with E-state index in [9.17, 15) is 19.2 Å². The van der Waals surface area contributed by atoms with Gasteiger partial charge in [0.2, 0.25) is 17.7 Å². The molecule has 3 amide bonds. The molecule has 0 unspecified atom stereocenters. The van der Waals surface area contributed by atoms with Crippen LogP contribution in [0.3, 0.4) is 0 Å². The molecule has 21 heavy (non-hydrogen) atoms. The largest absolute Gasteiger partial charge is 0.481 e. The van der Waals surface area contributed by atoms with Crippen LogP contribution in [0.25, 0.3) is 0 Å². The summed E-state index contributed by atoms with van der Waals surface area (Å²) in [6.45, 7) is 3.16. The highest BCUT2D eigenvalue weighted by atomic mass is 16.4. The Bertz CT molecular complexity index is 410. The van der Waals surface area contributed by atoms with Crippen molar-refractivity contribution in [2.75, 3.05) is 6.54 Å². The number of nitrogens with one attached hydrogen (secondary N) is 2. The molecule has 0 saturated heterocycles. The van der Waals surface area contributed by atoms with Crippen LogP contribution >= 0.6 is 0 Å². The number of carbonyl (C=O) groups is 4. The number of carboxylic acids is 1. The number of carbonyl (C=O) groups excluding carboxylic acids is 3. The highest BCUT2D eigenvalue weighted by molar-refractivity contribution is 5.90. The second kappa shape index (κ2) is 8.90. The van der Waals surface area contributed by atoms with Crippen molar-refractivity contribution in [1.82, 2.24) is 10.6 Å². The third-order valence-corrected chi connectivity index (χ3v) is 2.77. The summed E-state index contributed by atoms with van der Waals surface area (Å²) in [7, 11) is 0. The second-order valence-corrected chi connectivity index (χ2v) is 4.94. The summed E-state index contributed by atoms with van der Waals surface area (Å²) < 4.78 is 0. The van der Waals surface area contributed by atoms with Crippen LogP contribution in [0.2, 0.25) is 0 Å². The highest BCUT2D eigenvalue weighted by Gasteiger charge is 2.21. The first-order chi connectivity index (χ1) is 9.65. The van der Waals surface area contributed by atoms with E-state index in [2.05, 4.69) is 10.6 Å². The van der Waals surface area contributed by atoms with Gasteiger partial charge in [-0.1, -0.05) is 13.8 Å². The molecule has 0 aromatic heterocycles. The van der Waals surface area contributed by atoms with Crippen molar-refractivity contribution < 1.29 is 24.3 Å². The molecule has 9 nitrogen and oxygen atoms in total. The monoisotopic (exact) mass is 302 g/mol. The van der Waals surface area contributed by atoms with Crippen LogP contribution in [0.1, 0.15) is 26.7 Å². The molecule has 0 radical (unpaired) electrons. The van der Waals surface area contributed by atoms with Gasteiger partial charge in [0, 0.05) is 6.42 Å². The van der Waals surface area contributed by atoms with Crippen molar-refractivity contribution in [2.24, 2.45) is 17.4 Å². The quantitative estimate of drug-likeness (QED) is 0.328. The van der Waals surface area contributed by atoms with E-state index >= 15 is 0 Å². The minimum Gasteiger partial charge on any atom is -0.481 e. The Morgan fingerprint density at radius 3 is 2.19 bits per heavy atom. The molecule has 0 bridgehead atoms. The van der Waals surface area contributed by atoms with Gasteiger partial charge in [-0.2, -0.15) is 0 Å². The molecule has 7 N–H and O–H groups in total. The Kier molecular flexibility index (Phi) is 7.99. The maximum absolute atomic E-state index is 11.6. The standard InChI is InChI=1S/C12H22N4O5/c1-6(2)10(13)12(21)15-5-8(17)16-7(11(14)20)3-4-9(18)19/h6-7,10H,3-5,13H2,1-2H3,(H2,14,20)(H,15,21)(H,16,17)(H,18,19)/t7-,10-/m0/s1. The first-order valence-corrected chi connectivity index (χ1v) is 6.49. The Morgan fingerprint density at radius 2 is 1.76 bits per heavy atom. The molecule has 0 saturated carbocycles. The van der Waals surface area contributed by atoms with E-state index in [1.807, 2.05) is 0 Å². The van der Waals surface area contributed by atoms with Crippen LogP contribution in [-0.4, -0.2) is 47.4 Å². The summed E-state index contributed by atoms with van der Waals surface area (Å²) in [6.07, 6.45) is -0.422. The maximum atomic E-state index is 11.6. The van der Waals surface area contributed by atoms with E-state index in [1.54, 1.807) is 13.8 Å². The Morgan fingerprint density at radius 1 is 1.19 bits per heavy atom. The van der Waals surface area contributed by atoms with Gasteiger partial charge in [0.25, 0.3) is 0 Å². The van der Waals surface area contributed by atoms with E-state index < -0.39 is 35.8 Å². The predicted molar refractivity (Wildman–Crippen MR) is 73.8 cm³/mol. The van der Waals surface area contributed by atoms with Gasteiger partial charge in [-0.3, -0.25) is 19.2 Å². The summed E-state index contributed by atoms with van der Waals surface area (Å²) in [4.78, 5) is 44.6. The first kappa shape index (κ1) is 18.8. The van der Waals surface area contributed by atoms with Crippen LogP contribution in [0.15, 0.2) is 0 Å². The molecule has 2 atom stereocenters. The fourth-order valence-electron chi connectivity index (χ4n) is 1.39. The lowest BCUT2D eigenvalue weighted by molar-refractivity contribution is -0.137. The molecule has 0 aliphatic carbocycles. The Labute approximate surface area is 122 Å². The fourth-order valence-corrected chi connectivity index (χ4v) is 1.39. The number of rotatable bonds is 9. The van der Waals surface area contributed by atoms with Crippen molar-refractivity contribution >= 4 is 23.7 Å². The SMILES string of the molecule is CC(C)[C@H](N)C(=O)NCC(=O)N[C@@H](CCC(=O)O)C(N)=O. The van der Waals surface area contributed by atoms with Gasteiger partial charge in [0.15, 0.2) is 0 Å². The smallest absolute Gasteiger partial charge is 0.303 e. The lowest BCUT2D eigenvalue weighted by Crippen LogP contribution is -2.50. The minimum absolute atomic E-state index is 0.0815. The van der Waals surface area contributed by atoms with Crippen LogP contribution in [-0.2, 0) is 19.2 Å². The van der Waals surface area contributed by atoms with Crippen molar-refractivity contribution in [3.05, 3.63) is 0 Å². The predicted octanol–water partition coefficient (Wildman–Crippen LogP) is -2.08. The lowest BCUT2D eigenvalue weighted by atomic mass is 10.1. The third-order valence-electron chi connectivity index (χ3n) is 2.77. The van der Waals surface area contributed by atoms with Gasteiger partial charge in [0.05, 0.1) is 12.6 Å². The number of primary amides is 1. The summed E-state index contributed by atoms with van der Waals surface area (Å²) >= 11 is 0. The summed E-state index contributed by atoms with van der Waals surface area (Å²) in [6, 6.07) is -1.83. The first-order valence-electron chi connectivity index (χ1n) is 6.49. The van der Waals surface area contributed by atoms with Crippen molar-refractivity contribution in [3.63, 3.8) is 0 Å². The van der Waals surface area contributed by atoms with E-state index in [4.69, 9.17) is 16.6 Å². The number of hydrogen-bond acceptors (Lipinski definition) is 5. The van der Waals surface area contributed by atoms with E-state index in [0.717, 1.165) is 0 Å². The Hall–Kier alpha value is -2.16. The average Bonchev–Trinajstić information content (AvgIpc) is 2.38. The van der Waals surface area contributed by atoms with Crippen molar-refractivity contribution in [3.8, 4) is 0 Å². The number of hydrogen-bond donors (Lipinski definition) is 5. The molecular weight excluding hydrogens is 280 g/mol. The normalized spacial score (nSPS) is 13.3. The van der Waals surface area contributed by atoms with Gasteiger partial charge >= 0.3 is 5.97 Å². The summed E-state index contributed by atoms with van der Waals surface area (Å²) in [5, 5.41) is 13.1. The Balaban J connectivity index is 4.29. The zero-order valence-corrected chi connectivity index (χ0v) is 12.1. The van der Waals surface area contributed by atoms with E-state index in [-0.39, 0.29) is 25.3 Å². The molecule has 0 aliphatic rings. The summed E-state index contributed by atoms with van der Waals surface area (Å²) in [5.41, 5.74) is 10.7. The van der Waals surface area contributed by atoms with E-state index in [1.165, 1.54) is 0 Å². The maximum Gasteiger partial charge on any atom is 0.303 e. The molecule has 9 heteroatoms. The molecule has 0 rings (SSSR count). The minimum atomic E-state index is -1.10. The molecule has 0 aliphatic heterocycles. The zero-order valence-electron chi connectivity index (χ0n) is 12.1. The number of amides is 3. The zero-order chi connectivity index (χ0) is 16.6. The second-order valence-electron chi connectivity index (χ2n) is 4.94. The molecule has 0 heterocycles. The van der Waals surface area contributed by atoms with Gasteiger partial charge in [-0.15, -0.1) is 0 Å². The lowest BCUT2D eigenvalue weighted by Gasteiger charge is -2.17. The molecule has 0 fully saturated rings. The number of nitrogens with two attached hydrogens (primary N) is 2. The molecule has 0 aromatic carbocycles. The highest BCUT2D eigenvalue weighted by Crippen LogP contribution is 1.98. The van der Waals surface area contributed by atoms with Gasteiger partial charge in [0.1, 0.15) is 6.04 Å². The molecule has 120 valence electrons. The topological polar surface area (TPSA) is 165 Å². The molecule has 0 aromatic rings. The average molecular weight is 302 g/mol. The van der Waals surface area contributed by atoms with Gasteiger partial charge in [-0.25, -0.2) is 0 Å². The van der Waals surface area contributed by atoms with Gasteiger partial charge in [-0.05, 0) is 12.3 Å². The van der Waals surface area contributed by atoms with Crippen LogP contribution in [0.4, 0.5) is 0 Å². The van der Waals surface area contributed by atoms with Crippen LogP contribution < -0.4 is 22.1 Å². The van der Waals surface area contributed by atoms with E-state index in [0.29, 0.717) is 0 Å².